The van der Waals surface area contributed by atoms with Crippen LogP contribution in [0.4, 0.5) is 30.5 Å². The molecule has 3 N–H and O–H groups in total. The Bertz CT molecular complexity index is 1530. The van der Waals surface area contributed by atoms with Gasteiger partial charge in [0.15, 0.2) is 11.5 Å². The molecule has 4 heterocycles. The summed E-state index contributed by atoms with van der Waals surface area (Å²) in [5.74, 6) is -1.24. The van der Waals surface area contributed by atoms with Crippen LogP contribution in [-0.2, 0) is 21.9 Å². The van der Waals surface area contributed by atoms with Gasteiger partial charge in [0, 0.05) is 43.2 Å². The predicted molar refractivity (Wildman–Crippen MR) is 138 cm³/mol. The number of rotatable bonds is 9. The number of anilines is 3. The molecule has 0 saturated carbocycles. The molecule has 1 aliphatic heterocycles. The smallest absolute Gasteiger partial charge is 0.405 e. The molecule has 3 aromatic heterocycles. The second-order valence-corrected chi connectivity index (χ2v) is 11.7. The van der Waals surface area contributed by atoms with Crippen LogP contribution >= 0.6 is 0 Å². The molecule has 1 unspecified atom stereocenters. The monoisotopic (exact) mass is 584 g/mol. The van der Waals surface area contributed by atoms with Gasteiger partial charge in [-0.15, -0.1) is 0 Å². The third-order valence-electron chi connectivity index (χ3n) is 6.34. The van der Waals surface area contributed by atoms with Gasteiger partial charge in [0.05, 0.1) is 12.5 Å². The van der Waals surface area contributed by atoms with Gasteiger partial charge in [0.25, 0.3) is 5.91 Å². The lowest BCUT2D eigenvalue weighted by Crippen LogP contribution is -2.36. The van der Waals surface area contributed by atoms with Gasteiger partial charge < -0.3 is 15.1 Å². The topological polar surface area (TPSA) is 164 Å². The Kier molecular flexibility index (Phi) is 7.64. The SMILES string of the molecule is Cn1cc(NC(=O)c2coc(-c3ccnc(NCC(F)(F)F)c3)n2)c(N2CC(CNS(C)(=O)=O)C(C)(C)C2=O)n1. The van der Waals surface area contributed by atoms with Crippen molar-refractivity contribution >= 4 is 39.2 Å². The van der Waals surface area contributed by atoms with Crippen molar-refractivity contribution in [1.29, 1.82) is 0 Å². The molecule has 4 rings (SSSR count). The summed E-state index contributed by atoms with van der Waals surface area (Å²) in [7, 11) is -1.86. The normalized spacial score (nSPS) is 17.3. The number of carbonyl (C=O) groups excluding carboxylic acids is 2. The molecular weight excluding hydrogens is 557 g/mol. The van der Waals surface area contributed by atoms with E-state index >= 15 is 0 Å². The molecule has 1 fully saturated rings. The van der Waals surface area contributed by atoms with Crippen molar-refractivity contribution in [3.8, 4) is 11.5 Å². The fraction of sp³-hybridized carbons (Fsp3) is 0.435. The highest BCUT2D eigenvalue weighted by molar-refractivity contribution is 7.88. The molecule has 13 nitrogen and oxygen atoms in total. The molecule has 40 heavy (non-hydrogen) atoms. The molecular formula is C23H27F3N8O5S. The Labute approximate surface area is 227 Å². The molecule has 0 radical (unpaired) electrons. The summed E-state index contributed by atoms with van der Waals surface area (Å²) in [6.07, 6.45) is 0.460. The summed E-state index contributed by atoms with van der Waals surface area (Å²) in [6, 6.07) is 2.76. The fourth-order valence-corrected chi connectivity index (χ4v) is 4.62. The number of sulfonamides is 1. The Balaban J connectivity index is 1.50. The lowest BCUT2D eigenvalue weighted by atomic mass is 9.81. The molecule has 1 saturated heterocycles. The second kappa shape index (κ2) is 10.5. The Morgan fingerprint density at radius 1 is 1.30 bits per heavy atom. The van der Waals surface area contributed by atoms with Crippen LogP contribution in [0.15, 0.2) is 35.2 Å². The number of nitrogens with zero attached hydrogens (tertiary/aromatic N) is 5. The maximum absolute atomic E-state index is 13.3. The summed E-state index contributed by atoms with van der Waals surface area (Å²) < 4.78 is 69.9. The van der Waals surface area contributed by atoms with Crippen molar-refractivity contribution in [3.63, 3.8) is 0 Å². The molecule has 0 aliphatic carbocycles. The Hall–Kier alpha value is -3.99. The minimum absolute atomic E-state index is 0.0216. The van der Waals surface area contributed by atoms with Crippen molar-refractivity contribution in [1.82, 2.24) is 24.5 Å². The van der Waals surface area contributed by atoms with E-state index in [1.54, 1.807) is 20.9 Å². The highest BCUT2D eigenvalue weighted by Gasteiger charge is 2.49. The van der Waals surface area contributed by atoms with E-state index in [1.165, 1.54) is 34.1 Å². The summed E-state index contributed by atoms with van der Waals surface area (Å²) >= 11 is 0. The van der Waals surface area contributed by atoms with Gasteiger partial charge in [-0.2, -0.15) is 18.3 Å². The number of hydrogen-bond acceptors (Lipinski definition) is 9. The third kappa shape index (κ3) is 6.59. The van der Waals surface area contributed by atoms with E-state index in [9.17, 15) is 31.2 Å². The molecule has 0 aromatic carbocycles. The summed E-state index contributed by atoms with van der Waals surface area (Å²) in [4.78, 5) is 35.6. The summed E-state index contributed by atoms with van der Waals surface area (Å²) in [5.41, 5.74) is -0.537. The molecule has 1 atom stereocenters. The third-order valence-corrected chi connectivity index (χ3v) is 7.03. The zero-order valence-corrected chi connectivity index (χ0v) is 22.7. The van der Waals surface area contributed by atoms with Gasteiger partial charge in [-0.3, -0.25) is 19.2 Å². The number of amides is 2. The minimum Gasteiger partial charge on any atom is -0.444 e. The van der Waals surface area contributed by atoms with E-state index in [0.717, 1.165) is 12.5 Å². The van der Waals surface area contributed by atoms with Crippen molar-refractivity contribution < 1.29 is 35.6 Å². The van der Waals surface area contributed by atoms with Crippen molar-refractivity contribution in [3.05, 3.63) is 36.5 Å². The number of alkyl halides is 3. The first-order valence-corrected chi connectivity index (χ1v) is 13.8. The van der Waals surface area contributed by atoms with E-state index in [2.05, 4.69) is 30.4 Å². The van der Waals surface area contributed by atoms with Crippen molar-refractivity contribution in [2.75, 3.05) is 41.4 Å². The summed E-state index contributed by atoms with van der Waals surface area (Å²) in [6.45, 7) is 2.36. The highest BCUT2D eigenvalue weighted by atomic mass is 32.2. The average molecular weight is 585 g/mol. The molecule has 216 valence electrons. The van der Waals surface area contributed by atoms with Crippen LogP contribution in [0.2, 0.25) is 0 Å². The number of hydrogen-bond donors (Lipinski definition) is 3. The maximum Gasteiger partial charge on any atom is 0.405 e. The van der Waals surface area contributed by atoms with E-state index in [0.29, 0.717) is 5.56 Å². The van der Waals surface area contributed by atoms with Gasteiger partial charge in [-0.05, 0) is 12.1 Å². The number of pyridine rings is 1. The van der Waals surface area contributed by atoms with Crippen LogP contribution in [0, 0.1) is 11.3 Å². The Morgan fingerprint density at radius 2 is 2.02 bits per heavy atom. The fourth-order valence-electron chi connectivity index (χ4n) is 4.12. The summed E-state index contributed by atoms with van der Waals surface area (Å²) in [5, 5.41) is 9.14. The Morgan fingerprint density at radius 3 is 2.70 bits per heavy atom. The van der Waals surface area contributed by atoms with Gasteiger partial charge >= 0.3 is 6.18 Å². The van der Waals surface area contributed by atoms with E-state index in [4.69, 9.17) is 4.42 Å². The number of nitrogens with one attached hydrogen (secondary N) is 3. The van der Waals surface area contributed by atoms with Crippen molar-refractivity contribution in [2.24, 2.45) is 18.4 Å². The zero-order valence-electron chi connectivity index (χ0n) is 21.9. The molecule has 3 aromatic rings. The molecule has 0 bridgehead atoms. The van der Waals surface area contributed by atoms with Crippen LogP contribution in [-0.4, -0.2) is 72.0 Å². The first-order valence-electron chi connectivity index (χ1n) is 11.9. The largest absolute Gasteiger partial charge is 0.444 e. The highest BCUT2D eigenvalue weighted by Crippen LogP contribution is 2.40. The lowest BCUT2D eigenvalue weighted by Gasteiger charge is -2.23. The lowest BCUT2D eigenvalue weighted by molar-refractivity contribution is -0.125. The van der Waals surface area contributed by atoms with Gasteiger partial charge in [0.1, 0.15) is 24.3 Å². The minimum atomic E-state index is -4.43. The molecule has 0 spiro atoms. The zero-order chi connectivity index (χ0) is 29.5. The average Bonchev–Trinajstić information content (AvgIpc) is 3.53. The van der Waals surface area contributed by atoms with E-state index in [1.807, 2.05) is 0 Å². The van der Waals surface area contributed by atoms with Crippen molar-refractivity contribution in [2.45, 2.75) is 20.0 Å². The van der Waals surface area contributed by atoms with Crippen LogP contribution in [0.3, 0.4) is 0 Å². The number of halogens is 3. The standard InChI is InChI=1S/C23H27F3N8O5S/c1-22(2)14(8-29-40(4,37)38)9-34(21(22)36)18-15(10-33(3)32-18)30-19(35)16-11-39-20(31-16)13-5-6-27-17(7-13)28-12-23(24,25)26/h5-7,10-11,14,29H,8-9,12H2,1-4H3,(H,27,28)(H,30,35). The maximum atomic E-state index is 13.3. The molecule has 17 heteroatoms. The van der Waals surface area contributed by atoms with Gasteiger partial charge in [0.2, 0.25) is 21.8 Å². The van der Waals surface area contributed by atoms with Crippen LogP contribution in [0.5, 0.6) is 0 Å². The molecule has 2 amide bonds. The first-order chi connectivity index (χ1) is 18.5. The van der Waals surface area contributed by atoms with Crippen LogP contribution < -0.4 is 20.3 Å². The number of oxazole rings is 1. The van der Waals surface area contributed by atoms with Gasteiger partial charge in [-0.1, -0.05) is 13.8 Å². The molecule has 1 aliphatic rings. The van der Waals surface area contributed by atoms with Crippen LogP contribution in [0.1, 0.15) is 24.3 Å². The number of aromatic nitrogens is 4. The second-order valence-electron chi connectivity index (χ2n) is 9.89. The first kappa shape index (κ1) is 29.0. The number of aryl methyl sites for hydroxylation is 1. The van der Waals surface area contributed by atoms with E-state index < -0.39 is 34.1 Å². The predicted octanol–water partition coefficient (Wildman–Crippen LogP) is 2.23. The number of carbonyl (C=O) groups is 2. The quantitative estimate of drug-likeness (QED) is 0.342. The van der Waals surface area contributed by atoms with Gasteiger partial charge in [-0.25, -0.2) is 23.1 Å². The van der Waals surface area contributed by atoms with E-state index in [-0.39, 0.29) is 53.8 Å². The van der Waals surface area contributed by atoms with Crippen LogP contribution in [0.25, 0.3) is 11.5 Å².